The van der Waals surface area contributed by atoms with Crippen LogP contribution in [0.2, 0.25) is 0 Å². The zero-order valence-electron chi connectivity index (χ0n) is 13.9. The summed E-state index contributed by atoms with van der Waals surface area (Å²) >= 11 is 0. The molecular formula is C19H24LiO2P. The zero-order valence-corrected chi connectivity index (χ0v) is 14.9. The molecule has 0 N–H and O–H groups in total. The van der Waals surface area contributed by atoms with Crippen molar-refractivity contribution in [3.63, 3.8) is 0 Å². The van der Waals surface area contributed by atoms with Crippen molar-refractivity contribution in [3.8, 4) is 5.75 Å². The summed E-state index contributed by atoms with van der Waals surface area (Å²) in [5, 5.41) is 1.04. The van der Waals surface area contributed by atoms with Gasteiger partial charge in [0.2, 0.25) is 0 Å². The van der Waals surface area contributed by atoms with Crippen molar-refractivity contribution in [2.45, 2.75) is 40.7 Å². The molecule has 2 nitrogen and oxygen atoms in total. The molecule has 0 amide bonds. The Kier molecular flexibility index (Phi) is 7.55. The van der Waals surface area contributed by atoms with E-state index in [2.05, 4.69) is 19.1 Å². The Labute approximate surface area is 153 Å². The first-order valence-corrected chi connectivity index (χ1v) is 8.52. The number of carbonyl (C=O) groups is 1. The minimum atomic E-state index is 0. The number of rotatable bonds is 5. The average Bonchev–Trinajstić information content (AvgIpc) is 2.39. The number of aryl methyl sites for hydroxylation is 3. The van der Waals surface area contributed by atoms with Gasteiger partial charge in [-0.1, -0.05) is 29.8 Å². The van der Waals surface area contributed by atoms with Crippen LogP contribution in [0.3, 0.4) is 0 Å². The van der Waals surface area contributed by atoms with Gasteiger partial charge in [-0.25, -0.2) is 0 Å². The van der Waals surface area contributed by atoms with E-state index in [1.54, 1.807) is 0 Å². The Balaban J connectivity index is 0.00000264. The second kappa shape index (κ2) is 8.70. The van der Waals surface area contributed by atoms with Crippen LogP contribution in [0, 0.1) is 20.8 Å². The molecule has 23 heavy (non-hydrogen) atoms. The summed E-state index contributed by atoms with van der Waals surface area (Å²) in [6.07, 6.45) is 0.160. The fourth-order valence-corrected chi connectivity index (χ4v) is 3.74. The topological polar surface area (TPSA) is 26.3 Å². The van der Waals surface area contributed by atoms with Gasteiger partial charge in [0.1, 0.15) is 5.75 Å². The maximum absolute atomic E-state index is 12.6. The summed E-state index contributed by atoms with van der Waals surface area (Å²) in [5.74, 6) is 0.846. The van der Waals surface area contributed by atoms with Crippen LogP contribution in [0.4, 0.5) is 0 Å². The molecule has 0 aliphatic rings. The Bertz CT molecular complexity index is 655. The van der Waals surface area contributed by atoms with E-state index in [4.69, 9.17) is 4.74 Å². The van der Waals surface area contributed by atoms with Gasteiger partial charge in [-0.2, -0.15) is 0 Å². The van der Waals surface area contributed by atoms with Crippen molar-refractivity contribution < 1.29 is 9.53 Å². The normalized spacial score (nSPS) is 10.9. The molecule has 0 bridgehead atoms. The quantitative estimate of drug-likeness (QED) is 0.616. The van der Waals surface area contributed by atoms with E-state index < -0.39 is 0 Å². The van der Waals surface area contributed by atoms with Crippen molar-refractivity contribution >= 4 is 38.3 Å². The van der Waals surface area contributed by atoms with Crippen LogP contribution in [0.5, 0.6) is 5.75 Å². The zero-order chi connectivity index (χ0) is 16.3. The van der Waals surface area contributed by atoms with Crippen LogP contribution in [-0.2, 0) is 0 Å². The van der Waals surface area contributed by atoms with Crippen LogP contribution in [0.1, 0.15) is 40.9 Å². The van der Waals surface area contributed by atoms with E-state index in [-0.39, 0.29) is 39.1 Å². The second-order valence-corrected chi connectivity index (χ2v) is 7.20. The number of carbonyl (C=O) groups excluding carboxylic acids is 1. The minimum absolute atomic E-state index is 0. The number of hydrogen-bond acceptors (Lipinski definition) is 2. The van der Waals surface area contributed by atoms with Crippen LogP contribution < -0.4 is 10.0 Å². The van der Waals surface area contributed by atoms with Gasteiger partial charge < -0.3 is 4.74 Å². The molecule has 4 heteroatoms. The van der Waals surface area contributed by atoms with Gasteiger partial charge in [-0.15, -0.1) is 0 Å². The van der Waals surface area contributed by atoms with Gasteiger partial charge in [0, 0.05) is 5.56 Å². The van der Waals surface area contributed by atoms with Gasteiger partial charge >= 0.3 is 18.9 Å². The number of benzene rings is 2. The van der Waals surface area contributed by atoms with Crippen molar-refractivity contribution in [2.24, 2.45) is 0 Å². The summed E-state index contributed by atoms with van der Waals surface area (Å²) in [5.41, 5.74) is 4.40. The standard InChI is InChI=1S/C19H23O2P.Li.H/c1-12(2)21-16-6-8-17(9-7-16)22-19(20)18-14(4)10-13(3)11-15(18)5;;/h6-12,22H,1-5H3;;. The molecular weight excluding hydrogens is 298 g/mol. The van der Waals surface area contributed by atoms with Crippen molar-refractivity contribution in [2.75, 3.05) is 0 Å². The molecule has 0 saturated carbocycles. The van der Waals surface area contributed by atoms with E-state index in [1.165, 1.54) is 5.56 Å². The summed E-state index contributed by atoms with van der Waals surface area (Å²) in [6.45, 7) is 10.1. The van der Waals surface area contributed by atoms with Crippen molar-refractivity contribution in [1.29, 1.82) is 0 Å². The Hall–Kier alpha value is -1.06. The molecule has 1 atom stereocenters. The third-order valence-corrected chi connectivity index (χ3v) is 4.49. The number of hydrogen-bond donors (Lipinski definition) is 0. The molecule has 0 heterocycles. The molecule has 2 aromatic carbocycles. The van der Waals surface area contributed by atoms with E-state index in [0.29, 0.717) is 0 Å². The van der Waals surface area contributed by atoms with Crippen LogP contribution in [-0.4, -0.2) is 30.5 Å². The number of ether oxygens (including phenoxy) is 1. The molecule has 0 aromatic heterocycles. The van der Waals surface area contributed by atoms with Crippen molar-refractivity contribution in [3.05, 3.63) is 58.7 Å². The first-order valence-electron chi connectivity index (χ1n) is 7.52. The molecule has 1 unspecified atom stereocenters. The molecule has 0 fully saturated rings. The van der Waals surface area contributed by atoms with Gasteiger partial charge in [0.05, 0.1) is 6.10 Å². The summed E-state index contributed by atoms with van der Waals surface area (Å²) in [4.78, 5) is 12.6. The van der Waals surface area contributed by atoms with Crippen LogP contribution in [0.25, 0.3) is 0 Å². The molecule has 0 aliphatic carbocycles. The average molecular weight is 322 g/mol. The predicted octanol–water partition coefficient (Wildman–Crippen LogP) is 3.89. The third-order valence-electron chi connectivity index (χ3n) is 3.39. The molecule has 0 aliphatic heterocycles. The Morgan fingerprint density at radius 3 is 2.00 bits per heavy atom. The third kappa shape index (κ3) is 5.50. The van der Waals surface area contributed by atoms with E-state index in [1.807, 2.05) is 52.0 Å². The van der Waals surface area contributed by atoms with Crippen molar-refractivity contribution in [1.82, 2.24) is 0 Å². The van der Waals surface area contributed by atoms with E-state index in [0.717, 1.165) is 27.7 Å². The second-order valence-electron chi connectivity index (χ2n) is 5.92. The Morgan fingerprint density at radius 1 is 1.00 bits per heavy atom. The molecule has 118 valence electrons. The van der Waals surface area contributed by atoms with E-state index in [9.17, 15) is 4.79 Å². The molecule has 0 radical (unpaired) electrons. The maximum atomic E-state index is 12.6. The predicted molar refractivity (Wildman–Crippen MR) is 102 cm³/mol. The van der Waals surface area contributed by atoms with Gasteiger partial charge in [0.15, 0.2) is 5.52 Å². The van der Waals surface area contributed by atoms with Crippen LogP contribution in [0.15, 0.2) is 36.4 Å². The Morgan fingerprint density at radius 2 is 1.52 bits per heavy atom. The first kappa shape index (κ1) is 20.0. The van der Waals surface area contributed by atoms with Gasteiger partial charge in [-0.3, -0.25) is 4.79 Å². The first-order chi connectivity index (χ1) is 10.4. The van der Waals surface area contributed by atoms with Gasteiger partial charge in [0.25, 0.3) is 0 Å². The fraction of sp³-hybridized carbons (Fsp3) is 0.316. The fourth-order valence-electron chi connectivity index (χ4n) is 2.62. The SMILES string of the molecule is Cc1cc(C)c(C(=O)Pc2ccc(OC(C)C)cc2)c(C)c1.[LiH]. The van der Waals surface area contributed by atoms with Crippen LogP contribution >= 0.6 is 8.58 Å². The molecule has 0 saturated heterocycles. The monoisotopic (exact) mass is 322 g/mol. The summed E-state index contributed by atoms with van der Waals surface area (Å²) in [7, 11) is 0.143. The van der Waals surface area contributed by atoms with Gasteiger partial charge in [-0.05, 0) is 71.8 Å². The summed E-state index contributed by atoms with van der Waals surface area (Å²) < 4.78 is 5.63. The van der Waals surface area contributed by atoms with E-state index >= 15 is 0 Å². The summed E-state index contributed by atoms with van der Waals surface area (Å²) in [6, 6.07) is 12.0. The molecule has 2 rings (SSSR count). The molecule has 0 spiro atoms. The molecule has 2 aromatic rings.